The first-order valence-corrected chi connectivity index (χ1v) is 8.00. The number of aliphatic imine (C=N–C) groups is 1. The number of benzene rings is 2. The minimum atomic E-state index is 0.376. The first kappa shape index (κ1) is 16.2. The standard InChI is InChI=1S/C18H19ClN4O/c1-24-15-4-2-3-14(10-15)23-18(20)21-8-7-12-11-22-17-6-5-13(19)9-16(12)17/h2-6,9-11,22H,7-8H2,1H3,(H3,20,21,23). The van der Waals surface area contributed by atoms with E-state index in [0.717, 1.165) is 33.8 Å². The summed E-state index contributed by atoms with van der Waals surface area (Å²) in [6.07, 6.45) is 2.77. The van der Waals surface area contributed by atoms with Gasteiger partial charge >= 0.3 is 0 Å². The maximum atomic E-state index is 6.07. The van der Waals surface area contributed by atoms with Crippen LogP contribution < -0.4 is 15.8 Å². The van der Waals surface area contributed by atoms with E-state index < -0.39 is 0 Å². The van der Waals surface area contributed by atoms with Gasteiger partial charge in [-0.05, 0) is 42.3 Å². The summed E-state index contributed by atoms with van der Waals surface area (Å²) >= 11 is 6.07. The number of aromatic amines is 1. The first-order valence-electron chi connectivity index (χ1n) is 7.62. The van der Waals surface area contributed by atoms with Crippen molar-refractivity contribution in [3.8, 4) is 5.75 Å². The number of fused-ring (bicyclic) bond motifs is 1. The van der Waals surface area contributed by atoms with Crippen LogP contribution in [0, 0.1) is 0 Å². The van der Waals surface area contributed by atoms with Crippen molar-refractivity contribution >= 4 is 34.2 Å². The summed E-state index contributed by atoms with van der Waals surface area (Å²) in [7, 11) is 1.63. The predicted octanol–water partition coefficient (Wildman–Crippen LogP) is 3.80. The third kappa shape index (κ3) is 3.81. The van der Waals surface area contributed by atoms with Crippen LogP contribution in [0.15, 0.2) is 53.7 Å². The third-order valence-electron chi connectivity index (χ3n) is 3.73. The molecule has 0 saturated heterocycles. The molecular formula is C18H19ClN4O. The van der Waals surface area contributed by atoms with Gasteiger partial charge in [0.1, 0.15) is 5.75 Å². The number of halogens is 1. The molecule has 0 spiro atoms. The molecule has 3 aromatic rings. The van der Waals surface area contributed by atoms with Gasteiger partial charge in [0.2, 0.25) is 0 Å². The van der Waals surface area contributed by atoms with Crippen molar-refractivity contribution in [3.05, 3.63) is 59.2 Å². The van der Waals surface area contributed by atoms with Gasteiger partial charge in [-0.15, -0.1) is 0 Å². The van der Waals surface area contributed by atoms with E-state index in [1.165, 1.54) is 5.56 Å². The molecule has 0 aliphatic carbocycles. The van der Waals surface area contributed by atoms with Crippen LogP contribution in [0.1, 0.15) is 5.56 Å². The second-order valence-electron chi connectivity index (χ2n) is 5.38. The minimum absolute atomic E-state index is 0.376. The van der Waals surface area contributed by atoms with Gasteiger partial charge in [0.05, 0.1) is 7.11 Å². The zero-order valence-corrected chi connectivity index (χ0v) is 14.1. The monoisotopic (exact) mass is 342 g/mol. The van der Waals surface area contributed by atoms with Crippen molar-refractivity contribution in [2.24, 2.45) is 10.7 Å². The van der Waals surface area contributed by atoms with Crippen LogP contribution in [-0.2, 0) is 6.42 Å². The molecule has 0 aliphatic rings. The molecular weight excluding hydrogens is 324 g/mol. The molecule has 3 rings (SSSR count). The lowest BCUT2D eigenvalue weighted by molar-refractivity contribution is 0.415. The van der Waals surface area contributed by atoms with Crippen molar-refractivity contribution < 1.29 is 4.74 Å². The van der Waals surface area contributed by atoms with Gasteiger partial charge in [0.15, 0.2) is 5.96 Å². The third-order valence-corrected chi connectivity index (χ3v) is 3.97. The average Bonchev–Trinajstić information content (AvgIpc) is 2.97. The van der Waals surface area contributed by atoms with E-state index in [0.29, 0.717) is 12.5 Å². The molecule has 0 saturated carbocycles. The van der Waals surface area contributed by atoms with E-state index in [2.05, 4.69) is 15.3 Å². The van der Waals surface area contributed by atoms with Crippen molar-refractivity contribution in [2.75, 3.05) is 19.0 Å². The highest BCUT2D eigenvalue weighted by Crippen LogP contribution is 2.22. The number of rotatable bonds is 5. The molecule has 1 aromatic heterocycles. The Morgan fingerprint density at radius 3 is 3.00 bits per heavy atom. The smallest absolute Gasteiger partial charge is 0.193 e. The summed E-state index contributed by atoms with van der Waals surface area (Å²) in [4.78, 5) is 7.61. The zero-order valence-electron chi connectivity index (χ0n) is 13.3. The summed E-state index contributed by atoms with van der Waals surface area (Å²) in [5.41, 5.74) is 9.03. The Labute approximate surface area is 145 Å². The lowest BCUT2D eigenvalue weighted by atomic mass is 10.1. The summed E-state index contributed by atoms with van der Waals surface area (Å²) in [5, 5.41) is 4.91. The quantitative estimate of drug-likeness (QED) is 0.487. The van der Waals surface area contributed by atoms with Crippen LogP contribution in [-0.4, -0.2) is 24.6 Å². The number of methoxy groups -OCH3 is 1. The van der Waals surface area contributed by atoms with E-state index in [-0.39, 0.29) is 0 Å². The summed E-state index contributed by atoms with van der Waals surface area (Å²) < 4.78 is 5.18. The highest BCUT2D eigenvalue weighted by atomic mass is 35.5. The van der Waals surface area contributed by atoms with Gasteiger partial charge in [-0.2, -0.15) is 0 Å². The second kappa shape index (κ2) is 7.27. The maximum absolute atomic E-state index is 6.07. The Morgan fingerprint density at radius 2 is 2.17 bits per heavy atom. The molecule has 0 aliphatic heterocycles. The Kier molecular flexibility index (Phi) is 4.91. The van der Waals surface area contributed by atoms with Crippen molar-refractivity contribution in [1.29, 1.82) is 0 Å². The van der Waals surface area contributed by atoms with Crippen molar-refractivity contribution in [2.45, 2.75) is 6.42 Å². The lowest BCUT2D eigenvalue weighted by Gasteiger charge is -2.07. The molecule has 1 heterocycles. The molecule has 0 fully saturated rings. The van der Waals surface area contributed by atoms with Gasteiger partial charge in [-0.3, -0.25) is 4.99 Å². The van der Waals surface area contributed by atoms with Crippen LogP contribution in [0.4, 0.5) is 5.69 Å². The Hall–Kier alpha value is -2.66. The fourth-order valence-electron chi connectivity index (χ4n) is 2.54. The molecule has 0 bridgehead atoms. The Morgan fingerprint density at radius 1 is 1.29 bits per heavy atom. The van der Waals surface area contributed by atoms with Crippen LogP contribution in [0.3, 0.4) is 0 Å². The van der Waals surface area contributed by atoms with Gasteiger partial charge in [0, 0.05) is 40.4 Å². The number of aromatic nitrogens is 1. The van der Waals surface area contributed by atoms with E-state index in [1.54, 1.807) is 7.11 Å². The maximum Gasteiger partial charge on any atom is 0.193 e. The highest BCUT2D eigenvalue weighted by Gasteiger charge is 2.04. The number of nitrogens with two attached hydrogens (primary N) is 1. The molecule has 24 heavy (non-hydrogen) atoms. The largest absolute Gasteiger partial charge is 0.497 e. The first-order chi connectivity index (χ1) is 11.7. The van der Waals surface area contributed by atoms with Crippen LogP contribution in [0.2, 0.25) is 5.02 Å². The van der Waals surface area contributed by atoms with Crippen LogP contribution >= 0.6 is 11.6 Å². The van der Waals surface area contributed by atoms with Crippen molar-refractivity contribution in [1.82, 2.24) is 4.98 Å². The van der Waals surface area contributed by atoms with Gasteiger partial charge in [-0.25, -0.2) is 0 Å². The fourth-order valence-corrected chi connectivity index (χ4v) is 2.71. The summed E-state index contributed by atoms with van der Waals surface area (Å²) in [5.74, 6) is 1.14. The highest BCUT2D eigenvalue weighted by molar-refractivity contribution is 6.31. The number of hydrogen-bond acceptors (Lipinski definition) is 2. The second-order valence-corrected chi connectivity index (χ2v) is 5.81. The van der Waals surface area contributed by atoms with Gasteiger partial charge < -0.3 is 20.8 Å². The summed E-state index contributed by atoms with van der Waals surface area (Å²) in [6, 6.07) is 13.4. The number of anilines is 1. The Balaban J connectivity index is 1.63. The summed E-state index contributed by atoms with van der Waals surface area (Å²) in [6.45, 7) is 0.586. The molecule has 0 unspecified atom stereocenters. The van der Waals surface area contributed by atoms with E-state index in [4.69, 9.17) is 22.1 Å². The number of nitrogens with zero attached hydrogens (tertiary/aromatic N) is 1. The SMILES string of the molecule is COc1cccc(NC(N)=NCCc2c[nH]c3ccc(Cl)cc23)c1. The Bertz CT molecular complexity index is 872. The molecule has 0 radical (unpaired) electrons. The minimum Gasteiger partial charge on any atom is -0.497 e. The number of nitrogens with one attached hydrogen (secondary N) is 2. The number of H-pyrrole nitrogens is 1. The molecule has 2 aromatic carbocycles. The van der Waals surface area contributed by atoms with Crippen LogP contribution in [0.5, 0.6) is 5.75 Å². The molecule has 0 atom stereocenters. The van der Waals surface area contributed by atoms with Crippen LogP contribution in [0.25, 0.3) is 10.9 Å². The fraction of sp³-hybridized carbons (Fsp3) is 0.167. The van der Waals surface area contributed by atoms with E-state index >= 15 is 0 Å². The van der Waals surface area contributed by atoms with Gasteiger partial charge in [0.25, 0.3) is 0 Å². The van der Waals surface area contributed by atoms with E-state index in [1.807, 2.05) is 48.7 Å². The van der Waals surface area contributed by atoms with Crippen molar-refractivity contribution in [3.63, 3.8) is 0 Å². The predicted molar refractivity (Wildman–Crippen MR) is 100 cm³/mol. The number of guanidine groups is 1. The molecule has 124 valence electrons. The zero-order chi connectivity index (χ0) is 16.9. The number of hydrogen-bond donors (Lipinski definition) is 3. The lowest BCUT2D eigenvalue weighted by Crippen LogP contribution is -2.23. The average molecular weight is 343 g/mol. The molecule has 5 nitrogen and oxygen atoms in total. The normalized spacial score (nSPS) is 11.7. The molecule has 6 heteroatoms. The van der Waals surface area contributed by atoms with E-state index in [9.17, 15) is 0 Å². The molecule has 4 N–H and O–H groups in total. The topological polar surface area (TPSA) is 75.4 Å². The van der Waals surface area contributed by atoms with Gasteiger partial charge in [-0.1, -0.05) is 17.7 Å². The molecule has 0 amide bonds. The number of ether oxygens (including phenoxy) is 1.